The van der Waals surface area contributed by atoms with Crippen molar-refractivity contribution < 1.29 is 17.6 Å². The minimum absolute atomic E-state index is 0.0171. The number of piperidine rings is 1. The normalized spacial score (nSPS) is 19.0. The van der Waals surface area contributed by atoms with Gasteiger partial charge in [0.2, 0.25) is 15.9 Å². The van der Waals surface area contributed by atoms with E-state index in [-0.39, 0.29) is 17.9 Å². The van der Waals surface area contributed by atoms with Crippen LogP contribution in [0.4, 0.5) is 0 Å². The zero-order valence-electron chi connectivity index (χ0n) is 13.9. The Hall–Kier alpha value is -1.38. The molecule has 130 valence electrons. The Morgan fingerprint density at radius 3 is 2.57 bits per heavy atom. The molecule has 8 heteroatoms. The monoisotopic (exact) mass is 343 g/mol. The van der Waals surface area contributed by atoms with Gasteiger partial charge in [-0.2, -0.15) is 0 Å². The van der Waals surface area contributed by atoms with Crippen molar-refractivity contribution in [2.45, 2.75) is 18.9 Å². The average molecular weight is 343 g/mol. The number of hydrogen-bond acceptors (Lipinski definition) is 5. The number of nitrogens with one attached hydrogen (secondary N) is 1. The van der Waals surface area contributed by atoms with E-state index >= 15 is 0 Å². The van der Waals surface area contributed by atoms with E-state index in [1.165, 1.54) is 10.6 Å². The number of rotatable bonds is 6. The van der Waals surface area contributed by atoms with Gasteiger partial charge in [0.05, 0.1) is 18.6 Å². The highest BCUT2D eigenvalue weighted by atomic mass is 32.2. The SMILES string of the molecule is CN(C)C(CNC(=O)C1CCN(S(C)(=O)=O)CC1)c1ccco1. The fourth-order valence-corrected chi connectivity index (χ4v) is 3.68. The molecule has 1 aliphatic rings. The zero-order chi connectivity index (χ0) is 17.0. The molecule has 1 saturated heterocycles. The van der Waals surface area contributed by atoms with Crippen molar-refractivity contribution in [3.63, 3.8) is 0 Å². The average Bonchev–Trinajstić information content (AvgIpc) is 3.00. The predicted octanol–water partition coefficient (Wildman–Crippen LogP) is 0.670. The molecule has 1 fully saturated rings. The molecule has 0 spiro atoms. The topological polar surface area (TPSA) is 82.9 Å². The molecule has 1 N–H and O–H groups in total. The van der Waals surface area contributed by atoms with E-state index in [1.54, 1.807) is 6.26 Å². The molecular weight excluding hydrogens is 318 g/mol. The van der Waals surface area contributed by atoms with Crippen molar-refractivity contribution in [2.75, 3.05) is 40.0 Å². The van der Waals surface area contributed by atoms with Crippen molar-refractivity contribution in [1.82, 2.24) is 14.5 Å². The Balaban J connectivity index is 1.85. The van der Waals surface area contributed by atoms with Crippen molar-refractivity contribution in [3.8, 4) is 0 Å². The van der Waals surface area contributed by atoms with Gasteiger partial charge < -0.3 is 9.73 Å². The molecule has 2 heterocycles. The summed E-state index contributed by atoms with van der Waals surface area (Å²) in [7, 11) is 0.710. The molecule has 0 bridgehead atoms. The van der Waals surface area contributed by atoms with Crippen LogP contribution in [0.1, 0.15) is 24.6 Å². The van der Waals surface area contributed by atoms with Gasteiger partial charge in [-0.15, -0.1) is 0 Å². The van der Waals surface area contributed by atoms with Gasteiger partial charge in [-0.05, 0) is 39.1 Å². The minimum atomic E-state index is -3.16. The number of furan rings is 1. The molecule has 0 saturated carbocycles. The van der Waals surface area contributed by atoms with Gasteiger partial charge in [0.25, 0.3) is 0 Å². The second-order valence-electron chi connectivity index (χ2n) is 6.18. The number of sulfonamides is 1. The Kier molecular flexibility index (Phi) is 5.83. The fourth-order valence-electron chi connectivity index (χ4n) is 2.81. The molecule has 0 radical (unpaired) electrons. The molecular formula is C15H25N3O4S. The Bertz CT molecular complexity index is 605. The summed E-state index contributed by atoms with van der Waals surface area (Å²) in [6, 6.07) is 3.70. The van der Waals surface area contributed by atoms with Gasteiger partial charge in [0, 0.05) is 25.6 Å². The van der Waals surface area contributed by atoms with Crippen LogP contribution in [0.15, 0.2) is 22.8 Å². The maximum atomic E-state index is 12.3. The lowest BCUT2D eigenvalue weighted by Crippen LogP contribution is -2.44. The molecule has 1 unspecified atom stereocenters. The van der Waals surface area contributed by atoms with Crippen LogP contribution < -0.4 is 5.32 Å². The lowest BCUT2D eigenvalue weighted by atomic mass is 9.97. The van der Waals surface area contributed by atoms with Crippen LogP contribution in [0, 0.1) is 5.92 Å². The smallest absolute Gasteiger partial charge is 0.223 e. The van der Waals surface area contributed by atoms with Crippen molar-refractivity contribution in [2.24, 2.45) is 5.92 Å². The third-order valence-electron chi connectivity index (χ3n) is 4.26. The van der Waals surface area contributed by atoms with E-state index in [0.717, 1.165) is 5.76 Å². The Morgan fingerprint density at radius 2 is 2.09 bits per heavy atom. The van der Waals surface area contributed by atoms with Crippen molar-refractivity contribution in [3.05, 3.63) is 24.2 Å². The standard InChI is InChI=1S/C15H25N3O4S/c1-17(2)13(14-5-4-10-22-14)11-16-15(19)12-6-8-18(9-7-12)23(3,20)21/h4-5,10,12-13H,6-9,11H2,1-3H3,(H,16,19). The summed E-state index contributed by atoms with van der Waals surface area (Å²) in [5, 5.41) is 2.97. The molecule has 7 nitrogen and oxygen atoms in total. The molecule has 1 atom stereocenters. The third-order valence-corrected chi connectivity index (χ3v) is 5.56. The van der Waals surface area contributed by atoms with Gasteiger partial charge in [-0.25, -0.2) is 12.7 Å². The van der Waals surface area contributed by atoms with E-state index in [0.29, 0.717) is 32.5 Å². The van der Waals surface area contributed by atoms with E-state index in [1.807, 2.05) is 31.1 Å². The van der Waals surface area contributed by atoms with E-state index in [4.69, 9.17) is 4.42 Å². The van der Waals surface area contributed by atoms with Crippen molar-refractivity contribution in [1.29, 1.82) is 0 Å². The van der Waals surface area contributed by atoms with Gasteiger partial charge >= 0.3 is 0 Å². The summed E-state index contributed by atoms with van der Waals surface area (Å²) in [6.07, 6.45) is 3.95. The van der Waals surface area contributed by atoms with Crippen LogP contribution in [-0.4, -0.2) is 63.5 Å². The first-order valence-electron chi connectivity index (χ1n) is 7.71. The van der Waals surface area contributed by atoms with Crippen LogP contribution in [0.2, 0.25) is 0 Å². The Morgan fingerprint density at radius 1 is 1.43 bits per heavy atom. The van der Waals surface area contributed by atoms with E-state index in [9.17, 15) is 13.2 Å². The molecule has 2 rings (SSSR count). The van der Waals surface area contributed by atoms with E-state index < -0.39 is 10.0 Å². The maximum absolute atomic E-state index is 12.3. The number of likely N-dealkylation sites (N-methyl/N-ethyl adjacent to an activating group) is 1. The Labute approximate surface area is 137 Å². The highest BCUT2D eigenvalue weighted by Gasteiger charge is 2.29. The zero-order valence-corrected chi connectivity index (χ0v) is 14.7. The molecule has 1 aliphatic heterocycles. The lowest BCUT2D eigenvalue weighted by molar-refractivity contribution is -0.126. The molecule has 0 aliphatic carbocycles. The first-order valence-corrected chi connectivity index (χ1v) is 9.56. The quantitative estimate of drug-likeness (QED) is 0.821. The first kappa shape index (κ1) is 18.0. The fraction of sp³-hybridized carbons (Fsp3) is 0.667. The molecule has 1 amide bonds. The summed E-state index contributed by atoms with van der Waals surface area (Å²) in [5.74, 6) is 0.658. The van der Waals surface area contributed by atoms with Gasteiger partial charge in [-0.3, -0.25) is 9.69 Å². The second kappa shape index (κ2) is 7.46. The predicted molar refractivity (Wildman–Crippen MR) is 87.3 cm³/mol. The first-order chi connectivity index (χ1) is 10.8. The largest absolute Gasteiger partial charge is 0.468 e. The van der Waals surface area contributed by atoms with Gasteiger partial charge in [0.15, 0.2) is 0 Å². The number of carbonyl (C=O) groups is 1. The third kappa shape index (κ3) is 4.79. The highest BCUT2D eigenvalue weighted by molar-refractivity contribution is 7.88. The van der Waals surface area contributed by atoms with Gasteiger partial charge in [0.1, 0.15) is 5.76 Å². The molecule has 1 aromatic rings. The number of nitrogens with zero attached hydrogens (tertiary/aromatic N) is 2. The summed E-state index contributed by atoms with van der Waals surface area (Å²) in [6.45, 7) is 1.28. The van der Waals surface area contributed by atoms with Crippen LogP contribution in [-0.2, 0) is 14.8 Å². The molecule has 1 aromatic heterocycles. The van der Waals surface area contributed by atoms with E-state index in [2.05, 4.69) is 5.32 Å². The maximum Gasteiger partial charge on any atom is 0.223 e. The summed E-state index contributed by atoms with van der Waals surface area (Å²) in [5.41, 5.74) is 0. The van der Waals surface area contributed by atoms with Crippen LogP contribution in [0.25, 0.3) is 0 Å². The van der Waals surface area contributed by atoms with Crippen molar-refractivity contribution >= 4 is 15.9 Å². The summed E-state index contributed by atoms with van der Waals surface area (Å²) < 4.78 is 29.8. The van der Waals surface area contributed by atoms with Gasteiger partial charge in [-0.1, -0.05) is 0 Å². The van der Waals surface area contributed by atoms with Crippen LogP contribution in [0.3, 0.4) is 0 Å². The number of amides is 1. The second-order valence-corrected chi connectivity index (χ2v) is 8.16. The highest BCUT2D eigenvalue weighted by Crippen LogP contribution is 2.21. The van der Waals surface area contributed by atoms with Crippen LogP contribution in [0.5, 0.6) is 0 Å². The lowest BCUT2D eigenvalue weighted by Gasteiger charge is -2.30. The summed E-state index contributed by atoms with van der Waals surface area (Å²) in [4.78, 5) is 14.3. The minimum Gasteiger partial charge on any atom is -0.468 e. The number of carbonyl (C=O) groups excluding carboxylic acids is 1. The molecule has 23 heavy (non-hydrogen) atoms. The van der Waals surface area contributed by atoms with Crippen LogP contribution >= 0.6 is 0 Å². The molecule has 0 aromatic carbocycles. The number of hydrogen-bond donors (Lipinski definition) is 1. The summed E-state index contributed by atoms with van der Waals surface area (Å²) >= 11 is 0.